The third kappa shape index (κ3) is 4.85. The van der Waals surface area contributed by atoms with Crippen LogP contribution >= 0.6 is 0 Å². The Morgan fingerprint density at radius 2 is 1.69 bits per heavy atom. The van der Waals surface area contributed by atoms with Gasteiger partial charge in [0.05, 0.1) is 12.0 Å². The molecule has 5 nitrogen and oxygen atoms in total. The lowest BCUT2D eigenvalue weighted by Crippen LogP contribution is -2.34. The number of rotatable bonds is 7. The van der Waals surface area contributed by atoms with Crippen LogP contribution in [0.5, 0.6) is 5.75 Å². The molecule has 0 aliphatic carbocycles. The van der Waals surface area contributed by atoms with Gasteiger partial charge in [-0.3, -0.25) is 4.79 Å². The Morgan fingerprint density at radius 3 is 2.53 bits per heavy atom. The summed E-state index contributed by atoms with van der Waals surface area (Å²) in [5.74, 6) is 1.85. The van der Waals surface area contributed by atoms with Crippen LogP contribution in [-0.4, -0.2) is 55.0 Å². The number of carbonyl (C=O) groups excluding carboxylic acids is 1. The van der Waals surface area contributed by atoms with Crippen LogP contribution in [0.4, 0.5) is 0 Å². The standard InChI is InChI=1S/C31H34N2O3/c34-31(33-16-3-4-17-33)30-22-27-28(9-5-10-29(27)36-30)35-20-6-15-32-18-13-24(14-19-32)26-12-11-23-7-1-2-8-25(23)21-26/h1-2,5,7-12,21-22,24H,3-4,6,13-20H2. The van der Waals surface area contributed by atoms with E-state index in [1.54, 1.807) is 0 Å². The van der Waals surface area contributed by atoms with Gasteiger partial charge in [0.2, 0.25) is 0 Å². The molecule has 0 unspecified atom stereocenters. The van der Waals surface area contributed by atoms with E-state index in [2.05, 4.69) is 47.4 Å². The van der Waals surface area contributed by atoms with Gasteiger partial charge in [-0.05, 0) is 79.6 Å². The van der Waals surface area contributed by atoms with Crippen molar-refractivity contribution in [3.05, 3.63) is 78.1 Å². The molecule has 0 atom stereocenters. The van der Waals surface area contributed by atoms with Crippen molar-refractivity contribution in [2.24, 2.45) is 0 Å². The van der Waals surface area contributed by atoms with Gasteiger partial charge in [0.25, 0.3) is 5.91 Å². The number of likely N-dealkylation sites (tertiary alicyclic amines) is 2. The Kier molecular flexibility index (Phi) is 6.65. The summed E-state index contributed by atoms with van der Waals surface area (Å²) in [6.07, 6.45) is 5.54. The molecule has 1 amide bonds. The predicted molar refractivity (Wildman–Crippen MR) is 144 cm³/mol. The first-order valence-corrected chi connectivity index (χ1v) is 13.4. The van der Waals surface area contributed by atoms with Crippen molar-refractivity contribution < 1.29 is 13.9 Å². The van der Waals surface area contributed by atoms with Gasteiger partial charge in [0.15, 0.2) is 5.76 Å². The van der Waals surface area contributed by atoms with Gasteiger partial charge in [-0.1, -0.05) is 48.5 Å². The normalized spacial score (nSPS) is 17.3. The SMILES string of the molecule is O=C(c1cc2c(OCCCN3CCC(c4ccc5ccccc5c4)CC3)cccc2o1)N1CCCC1. The number of piperidine rings is 1. The number of amides is 1. The Morgan fingerprint density at radius 1 is 0.889 bits per heavy atom. The highest BCUT2D eigenvalue weighted by molar-refractivity contribution is 5.97. The van der Waals surface area contributed by atoms with Crippen molar-refractivity contribution in [2.45, 2.75) is 38.0 Å². The van der Waals surface area contributed by atoms with Crippen molar-refractivity contribution in [3.63, 3.8) is 0 Å². The molecule has 2 saturated heterocycles. The minimum atomic E-state index is -0.0123. The van der Waals surface area contributed by atoms with Crippen LogP contribution in [0, 0.1) is 0 Å². The second-order valence-corrected chi connectivity index (χ2v) is 10.2. The van der Waals surface area contributed by atoms with Crippen LogP contribution in [-0.2, 0) is 0 Å². The summed E-state index contributed by atoms with van der Waals surface area (Å²) in [4.78, 5) is 17.2. The van der Waals surface area contributed by atoms with Crippen molar-refractivity contribution in [1.29, 1.82) is 0 Å². The third-order valence-corrected chi connectivity index (χ3v) is 7.83. The molecule has 3 heterocycles. The van der Waals surface area contributed by atoms with Gasteiger partial charge in [0.1, 0.15) is 11.3 Å². The van der Waals surface area contributed by atoms with Gasteiger partial charge >= 0.3 is 0 Å². The van der Waals surface area contributed by atoms with E-state index < -0.39 is 0 Å². The quantitative estimate of drug-likeness (QED) is 0.283. The number of nitrogens with zero attached hydrogens (tertiary/aromatic N) is 2. The van der Waals surface area contributed by atoms with E-state index >= 15 is 0 Å². The zero-order chi connectivity index (χ0) is 24.3. The number of hydrogen-bond acceptors (Lipinski definition) is 4. The second-order valence-electron chi connectivity index (χ2n) is 10.2. The zero-order valence-corrected chi connectivity index (χ0v) is 20.8. The smallest absolute Gasteiger partial charge is 0.289 e. The van der Waals surface area contributed by atoms with E-state index in [1.807, 2.05) is 29.2 Å². The van der Waals surface area contributed by atoms with E-state index in [9.17, 15) is 4.79 Å². The molecule has 0 bridgehead atoms. The van der Waals surface area contributed by atoms with Crippen LogP contribution in [0.2, 0.25) is 0 Å². The van der Waals surface area contributed by atoms with Gasteiger partial charge in [-0.25, -0.2) is 0 Å². The van der Waals surface area contributed by atoms with Gasteiger partial charge in [0, 0.05) is 25.7 Å². The highest BCUT2D eigenvalue weighted by Crippen LogP contribution is 2.31. The predicted octanol–water partition coefficient (Wildman–Crippen LogP) is 6.47. The molecule has 36 heavy (non-hydrogen) atoms. The van der Waals surface area contributed by atoms with Gasteiger partial charge < -0.3 is 19.0 Å². The Labute approximate surface area is 212 Å². The summed E-state index contributed by atoms with van der Waals surface area (Å²) < 4.78 is 12.0. The summed E-state index contributed by atoms with van der Waals surface area (Å²) in [5, 5.41) is 3.55. The van der Waals surface area contributed by atoms with E-state index in [0.717, 1.165) is 63.1 Å². The molecule has 2 aliphatic rings. The molecule has 186 valence electrons. The number of hydrogen-bond donors (Lipinski definition) is 0. The van der Waals surface area contributed by atoms with Crippen molar-refractivity contribution >= 4 is 27.6 Å². The third-order valence-electron chi connectivity index (χ3n) is 7.83. The molecule has 3 aromatic carbocycles. The number of fused-ring (bicyclic) bond motifs is 2. The second kappa shape index (κ2) is 10.4. The van der Waals surface area contributed by atoms with Crippen molar-refractivity contribution in [1.82, 2.24) is 9.80 Å². The Bertz CT molecular complexity index is 1350. The first-order valence-electron chi connectivity index (χ1n) is 13.4. The van der Waals surface area contributed by atoms with Crippen LogP contribution in [0.15, 0.2) is 71.1 Å². The summed E-state index contributed by atoms with van der Waals surface area (Å²) in [7, 11) is 0. The summed E-state index contributed by atoms with van der Waals surface area (Å²) in [5.41, 5.74) is 2.19. The highest BCUT2D eigenvalue weighted by Gasteiger charge is 2.24. The lowest BCUT2D eigenvalue weighted by Gasteiger charge is -2.32. The van der Waals surface area contributed by atoms with Gasteiger partial charge in [-0.15, -0.1) is 0 Å². The zero-order valence-electron chi connectivity index (χ0n) is 20.8. The molecule has 2 aliphatic heterocycles. The lowest BCUT2D eigenvalue weighted by molar-refractivity contribution is 0.0763. The number of ether oxygens (including phenoxy) is 1. The first-order chi connectivity index (χ1) is 17.7. The molecule has 5 heteroatoms. The molecule has 1 aromatic heterocycles. The van der Waals surface area contributed by atoms with Crippen molar-refractivity contribution in [2.75, 3.05) is 39.3 Å². The molecule has 2 fully saturated rings. The van der Waals surface area contributed by atoms with E-state index in [-0.39, 0.29) is 5.91 Å². The Balaban J connectivity index is 0.995. The van der Waals surface area contributed by atoms with Crippen LogP contribution in [0.1, 0.15) is 54.1 Å². The maximum absolute atomic E-state index is 12.7. The average molecular weight is 483 g/mol. The van der Waals surface area contributed by atoms with E-state index in [1.165, 1.54) is 29.2 Å². The van der Waals surface area contributed by atoms with E-state index in [4.69, 9.17) is 9.15 Å². The van der Waals surface area contributed by atoms with Crippen LogP contribution < -0.4 is 4.74 Å². The van der Waals surface area contributed by atoms with E-state index in [0.29, 0.717) is 23.9 Å². The maximum atomic E-state index is 12.7. The van der Waals surface area contributed by atoms with Gasteiger partial charge in [-0.2, -0.15) is 0 Å². The average Bonchev–Trinajstić information content (AvgIpc) is 3.62. The molecule has 0 saturated carbocycles. The number of furan rings is 1. The minimum Gasteiger partial charge on any atom is -0.493 e. The summed E-state index contributed by atoms with van der Waals surface area (Å²) in [6, 6.07) is 23.2. The monoisotopic (exact) mass is 482 g/mol. The number of carbonyl (C=O) groups is 1. The summed E-state index contributed by atoms with van der Waals surface area (Å²) in [6.45, 7) is 5.61. The minimum absolute atomic E-state index is 0.0123. The fraction of sp³-hybridized carbons (Fsp3) is 0.387. The first kappa shape index (κ1) is 23.1. The molecular weight excluding hydrogens is 448 g/mol. The topological polar surface area (TPSA) is 45.9 Å². The lowest BCUT2D eigenvalue weighted by atomic mass is 9.88. The molecule has 6 rings (SSSR count). The molecule has 0 radical (unpaired) electrons. The Hall–Kier alpha value is -3.31. The highest BCUT2D eigenvalue weighted by atomic mass is 16.5. The fourth-order valence-electron chi connectivity index (χ4n) is 5.76. The molecule has 0 N–H and O–H groups in total. The number of benzene rings is 3. The van der Waals surface area contributed by atoms with Crippen LogP contribution in [0.25, 0.3) is 21.7 Å². The molecule has 4 aromatic rings. The fourth-order valence-corrected chi connectivity index (χ4v) is 5.76. The molecule has 0 spiro atoms. The van der Waals surface area contributed by atoms with Crippen molar-refractivity contribution in [3.8, 4) is 5.75 Å². The largest absolute Gasteiger partial charge is 0.493 e. The maximum Gasteiger partial charge on any atom is 0.289 e. The molecular formula is C31H34N2O3. The summed E-state index contributed by atoms with van der Waals surface area (Å²) >= 11 is 0. The van der Waals surface area contributed by atoms with Crippen LogP contribution in [0.3, 0.4) is 0 Å².